The molecule has 1 amide bonds. The fourth-order valence-electron chi connectivity index (χ4n) is 2.65. The van der Waals surface area contributed by atoms with Gasteiger partial charge in [0.05, 0.1) is 0 Å². The molecule has 1 aromatic carbocycles. The minimum atomic E-state index is -0.0748. The van der Waals surface area contributed by atoms with Crippen molar-refractivity contribution < 1.29 is 9.90 Å². The molecule has 0 heterocycles. The van der Waals surface area contributed by atoms with Gasteiger partial charge >= 0.3 is 0 Å². The first-order chi connectivity index (χ1) is 9.06. The number of halogens is 1. The quantitative estimate of drug-likeness (QED) is 0.836. The molecule has 2 unspecified atom stereocenters. The Morgan fingerprint density at radius 1 is 1.47 bits per heavy atom. The van der Waals surface area contributed by atoms with Crippen molar-refractivity contribution >= 4 is 17.5 Å². The molecule has 0 bridgehead atoms. The van der Waals surface area contributed by atoms with Crippen molar-refractivity contribution in [2.75, 3.05) is 6.54 Å². The first-order valence-electron chi connectivity index (χ1n) is 6.78. The number of hydrogen-bond acceptors (Lipinski definition) is 2. The molecule has 3 nitrogen and oxygen atoms in total. The van der Waals surface area contributed by atoms with E-state index in [4.69, 9.17) is 11.6 Å². The van der Waals surface area contributed by atoms with Gasteiger partial charge in [-0.1, -0.05) is 6.42 Å². The molecule has 4 heteroatoms. The molecule has 0 radical (unpaired) electrons. The van der Waals surface area contributed by atoms with Crippen LogP contribution in [0.2, 0.25) is 0 Å². The minimum Gasteiger partial charge on any atom is -0.508 e. The number of nitrogens with one attached hydrogen (secondary N) is 1. The Morgan fingerprint density at radius 3 is 2.95 bits per heavy atom. The van der Waals surface area contributed by atoms with Gasteiger partial charge in [0, 0.05) is 17.5 Å². The van der Waals surface area contributed by atoms with Gasteiger partial charge in [-0.15, -0.1) is 11.6 Å². The molecule has 19 heavy (non-hydrogen) atoms. The van der Waals surface area contributed by atoms with E-state index in [0.29, 0.717) is 18.0 Å². The van der Waals surface area contributed by atoms with E-state index in [0.717, 1.165) is 31.2 Å². The monoisotopic (exact) mass is 281 g/mol. The highest BCUT2D eigenvalue weighted by Crippen LogP contribution is 2.27. The molecule has 1 aromatic rings. The summed E-state index contributed by atoms with van der Waals surface area (Å²) in [5.41, 5.74) is 1.41. The van der Waals surface area contributed by atoms with Gasteiger partial charge < -0.3 is 10.4 Å². The second kappa shape index (κ2) is 6.29. The number of aryl methyl sites for hydroxylation is 1. The summed E-state index contributed by atoms with van der Waals surface area (Å²) in [5.74, 6) is 0.595. The van der Waals surface area contributed by atoms with Gasteiger partial charge in [-0.25, -0.2) is 0 Å². The molecule has 0 aliphatic heterocycles. The van der Waals surface area contributed by atoms with E-state index < -0.39 is 0 Å². The summed E-state index contributed by atoms with van der Waals surface area (Å²) in [6.45, 7) is 2.51. The number of carbonyl (C=O) groups is 1. The van der Waals surface area contributed by atoms with E-state index in [9.17, 15) is 9.90 Å². The van der Waals surface area contributed by atoms with E-state index in [-0.39, 0.29) is 17.0 Å². The van der Waals surface area contributed by atoms with Crippen LogP contribution in [0.25, 0.3) is 0 Å². The zero-order valence-corrected chi connectivity index (χ0v) is 11.9. The molecule has 104 valence electrons. The van der Waals surface area contributed by atoms with Gasteiger partial charge in [-0.05, 0) is 55.9 Å². The van der Waals surface area contributed by atoms with E-state index in [1.807, 2.05) is 6.92 Å². The highest BCUT2D eigenvalue weighted by molar-refractivity contribution is 6.20. The number of carbonyl (C=O) groups excluding carboxylic acids is 1. The number of hydrogen-bond donors (Lipinski definition) is 2. The maximum absolute atomic E-state index is 12.1. The molecule has 1 aliphatic carbocycles. The Morgan fingerprint density at radius 2 is 2.26 bits per heavy atom. The van der Waals surface area contributed by atoms with Gasteiger partial charge in [0.25, 0.3) is 5.91 Å². The molecule has 2 atom stereocenters. The number of alkyl halides is 1. The van der Waals surface area contributed by atoms with Crippen molar-refractivity contribution in [2.24, 2.45) is 5.92 Å². The van der Waals surface area contributed by atoms with Gasteiger partial charge in [0.1, 0.15) is 5.75 Å². The summed E-state index contributed by atoms with van der Waals surface area (Å²) in [7, 11) is 0. The van der Waals surface area contributed by atoms with Gasteiger partial charge in [0.15, 0.2) is 0 Å². The average Bonchev–Trinajstić information content (AvgIpc) is 2.36. The van der Waals surface area contributed by atoms with E-state index >= 15 is 0 Å². The fraction of sp³-hybridized carbons (Fsp3) is 0.533. The normalized spacial score (nSPS) is 23.1. The number of phenolic OH excluding ortho intramolecular Hbond substituents is 1. The van der Waals surface area contributed by atoms with Crippen LogP contribution < -0.4 is 5.32 Å². The third-order valence-electron chi connectivity index (χ3n) is 3.72. The first-order valence-corrected chi connectivity index (χ1v) is 7.22. The van der Waals surface area contributed by atoms with E-state index in [2.05, 4.69) is 5.32 Å². The van der Waals surface area contributed by atoms with E-state index in [1.165, 1.54) is 6.07 Å². The van der Waals surface area contributed by atoms with Crippen LogP contribution in [0.4, 0.5) is 0 Å². The van der Waals surface area contributed by atoms with Crippen molar-refractivity contribution in [3.05, 3.63) is 29.3 Å². The number of rotatable bonds is 3. The summed E-state index contributed by atoms with van der Waals surface area (Å²) in [6, 6.07) is 4.80. The van der Waals surface area contributed by atoms with Crippen LogP contribution in [0.1, 0.15) is 41.6 Å². The molecule has 1 saturated carbocycles. The molecule has 1 fully saturated rings. The zero-order chi connectivity index (χ0) is 13.8. The summed E-state index contributed by atoms with van der Waals surface area (Å²) in [5, 5.41) is 12.6. The van der Waals surface area contributed by atoms with E-state index in [1.54, 1.807) is 12.1 Å². The molecular formula is C15H20ClNO2. The molecule has 1 aliphatic rings. The van der Waals surface area contributed by atoms with Gasteiger partial charge in [-0.3, -0.25) is 4.79 Å². The maximum Gasteiger partial charge on any atom is 0.251 e. The first kappa shape index (κ1) is 14.2. The van der Waals surface area contributed by atoms with Crippen molar-refractivity contribution in [1.29, 1.82) is 0 Å². The standard InChI is InChI=1S/C15H20ClNO2/c1-10-7-13(18)5-6-14(10)15(19)17-9-11-3-2-4-12(16)8-11/h5-7,11-12,18H,2-4,8-9H2,1H3,(H,17,19). The second-order valence-electron chi connectivity index (χ2n) is 5.34. The van der Waals surface area contributed by atoms with Crippen molar-refractivity contribution in [2.45, 2.75) is 38.0 Å². The van der Waals surface area contributed by atoms with Crippen LogP contribution in [-0.4, -0.2) is 22.9 Å². The molecule has 0 spiro atoms. The highest BCUT2D eigenvalue weighted by atomic mass is 35.5. The van der Waals surface area contributed by atoms with Gasteiger partial charge in [0.2, 0.25) is 0 Å². The Hall–Kier alpha value is -1.22. The van der Waals surface area contributed by atoms with Crippen molar-refractivity contribution in [3.63, 3.8) is 0 Å². The number of aromatic hydroxyl groups is 1. The van der Waals surface area contributed by atoms with Gasteiger partial charge in [-0.2, -0.15) is 0 Å². The lowest BCUT2D eigenvalue weighted by atomic mass is 9.89. The predicted octanol–water partition coefficient (Wildman–Crippen LogP) is 3.23. The second-order valence-corrected chi connectivity index (χ2v) is 5.96. The van der Waals surface area contributed by atoms with Crippen LogP contribution in [0.5, 0.6) is 5.75 Å². The average molecular weight is 282 g/mol. The Bertz CT molecular complexity index is 461. The molecule has 0 saturated heterocycles. The van der Waals surface area contributed by atoms with Crippen molar-refractivity contribution in [3.8, 4) is 5.75 Å². The summed E-state index contributed by atoms with van der Waals surface area (Å²) in [4.78, 5) is 12.1. The van der Waals surface area contributed by atoms with Crippen molar-refractivity contribution in [1.82, 2.24) is 5.32 Å². The topological polar surface area (TPSA) is 49.3 Å². The fourth-order valence-corrected chi connectivity index (χ4v) is 3.05. The van der Waals surface area contributed by atoms with Crippen LogP contribution in [-0.2, 0) is 0 Å². The third-order valence-corrected chi connectivity index (χ3v) is 4.12. The third kappa shape index (κ3) is 3.87. The molecular weight excluding hydrogens is 262 g/mol. The summed E-state index contributed by atoms with van der Waals surface area (Å²) in [6.07, 6.45) is 4.35. The minimum absolute atomic E-state index is 0.0748. The number of benzene rings is 1. The molecule has 0 aromatic heterocycles. The Kier molecular flexibility index (Phi) is 4.70. The Labute approximate surface area is 119 Å². The van der Waals surface area contributed by atoms with Crippen LogP contribution in [0, 0.1) is 12.8 Å². The smallest absolute Gasteiger partial charge is 0.251 e. The lowest BCUT2D eigenvalue weighted by Gasteiger charge is -2.25. The van der Waals surface area contributed by atoms with Crippen LogP contribution in [0.3, 0.4) is 0 Å². The largest absolute Gasteiger partial charge is 0.508 e. The zero-order valence-electron chi connectivity index (χ0n) is 11.2. The maximum atomic E-state index is 12.1. The number of phenols is 1. The summed E-state index contributed by atoms with van der Waals surface area (Å²) >= 11 is 6.15. The lowest BCUT2D eigenvalue weighted by molar-refractivity contribution is 0.0943. The SMILES string of the molecule is Cc1cc(O)ccc1C(=O)NCC1CCCC(Cl)C1. The Balaban J connectivity index is 1.90. The van der Waals surface area contributed by atoms with Crippen LogP contribution in [0.15, 0.2) is 18.2 Å². The molecule has 2 N–H and O–H groups in total. The highest BCUT2D eigenvalue weighted by Gasteiger charge is 2.21. The predicted molar refractivity (Wildman–Crippen MR) is 76.8 cm³/mol. The summed E-state index contributed by atoms with van der Waals surface area (Å²) < 4.78 is 0. The number of amides is 1. The molecule has 2 rings (SSSR count). The van der Waals surface area contributed by atoms with Crippen LogP contribution >= 0.6 is 11.6 Å². The lowest BCUT2D eigenvalue weighted by Crippen LogP contribution is -2.32.